The van der Waals surface area contributed by atoms with Crippen LogP contribution in [0.2, 0.25) is 0 Å². The van der Waals surface area contributed by atoms with Gasteiger partial charge in [0.2, 0.25) is 11.8 Å². The number of hydrogen-bond acceptors (Lipinski definition) is 6. The minimum absolute atomic E-state index is 0. The molecular formula is C16H25N3O8S. The number of fused-ring (bicyclic) bond motifs is 1. The van der Waals surface area contributed by atoms with Gasteiger partial charge in [-0.15, -0.1) is 11.8 Å². The third-order valence-corrected chi connectivity index (χ3v) is 6.08. The summed E-state index contributed by atoms with van der Waals surface area (Å²) in [6, 6.07) is 3.21. The van der Waals surface area contributed by atoms with Gasteiger partial charge >= 0.3 is 5.97 Å². The summed E-state index contributed by atoms with van der Waals surface area (Å²) in [6.07, 6.45) is 0. The van der Waals surface area contributed by atoms with Gasteiger partial charge in [0.15, 0.2) is 0 Å². The second kappa shape index (κ2) is 8.75. The molecule has 0 radical (unpaired) electrons. The van der Waals surface area contributed by atoms with E-state index >= 15 is 0 Å². The molecule has 2 heterocycles. The summed E-state index contributed by atoms with van der Waals surface area (Å²) < 4.78 is -0.648. The second-order valence-electron chi connectivity index (χ2n) is 6.65. The van der Waals surface area contributed by atoms with Crippen LogP contribution < -0.4 is 11.1 Å². The average molecular weight is 419 g/mol. The van der Waals surface area contributed by atoms with Gasteiger partial charge in [0.05, 0.1) is 0 Å². The van der Waals surface area contributed by atoms with Crippen molar-refractivity contribution in [2.45, 2.75) is 42.1 Å². The molecule has 2 saturated heterocycles. The molecule has 11 N–H and O–H groups in total. The van der Waals surface area contributed by atoms with E-state index in [1.165, 1.54) is 40.9 Å². The van der Waals surface area contributed by atoms with Gasteiger partial charge in [-0.3, -0.25) is 9.59 Å². The molecule has 2 fully saturated rings. The number of carboxylic acid groups (broad SMARTS) is 1. The number of nitrogens with one attached hydrogen (secondary N) is 1. The van der Waals surface area contributed by atoms with E-state index in [1.807, 2.05) is 0 Å². The third-order valence-electron chi connectivity index (χ3n) is 4.51. The number of amides is 2. The SMILES string of the molecule is CC1(C)S[C@@H]2[C@H](NC(=O)C(N)c3ccc(O)cc3)C(=O)N2C1C(=O)O.O.O.O. The molecule has 2 unspecified atom stereocenters. The molecule has 4 atom stereocenters. The van der Waals surface area contributed by atoms with Crippen molar-refractivity contribution in [3.05, 3.63) is 29.8 Å². The van der Waals surface area contributed by atoms with Crippen molar-refractivity contribution in [3.8, 4) is 5.75 Å². The van der Waals surface area contributed by atoms with Crippen LogP contribution in [0.5, 0.6) is 5.75 Å². The summed E-state index contributed by atoms with van der Waals surface area (Å²) in [7, 11) is 0. The maximum absolute atomic E-state index is 12.3. The molecule has 1 aromatic carbocycles. The van der Waals surface area contributed by atoms with Crippen molar-refractivity contribution in [1.82, 2.24) is 10.2 Å². The number of aliphatic carboxylic acids is 1. The molecule has 0 spiro atoms. The van der Waals surface area contributed by atoms with Crippen molar-refractivity contribution < 1.29 is 41.0 Å². The summed E-state index contributed by atoms with van der Waals surface area (Å²) in [5.41, 5.74) is 6.41. The number of aromatic hydroxyl groups is 1. The number of carbonyl (C=O) groups excluding carboxylic acids is 2. The van der Waals surface area contributed by atoms with Crippen LogP contribution in [-0.4, -0.2) is 71.5 Å². The summed E-state index contributed by atoms with van der Waals surface area (Å²) in [5.74, 6) is -1.94. The molecule has 28 heavy (non-hydrogen) atoms. The fourth-order valence-corrected chi connectivity index (χ4v) is 4.85. The van der Waals surface area contributed by atoms with Crippen LogP contribution >= 0.6 is 11.8 Å². The van der Waals surface area contributed by atoms with Gasteiger partial charge in [-0.25, -0.2) is 4.79 Å². The average Bonchev–Trinajstić information content (AvgIpc) is 2.80. The van der Waals surface area contributed by atoms with Gasteiger partial charge < -0.3 is 42.6 Å². The van der Waals surface area contributed by atoms with Crippen LogP contribution in [0.15, 0.2) is 24.3 Å². The first-order chi connectivity index (χ1) is 11.6. The largest absolute Gasteiger partial charge is 0.508 e. The molecule has 2 amide bonds. The zero-order chi connectivity index (χ0) is 18.5. The number of hydrogen-bond donors (Lipinski definition) is 4. The molecule has 1 aromatic rings. The highest BCUT2D eigenvalue weighted by molar-refractivity contribution is 8.01. The molecular weight excluding hydrogens is 394 g/mol. The van der Waals surface area contributed by atoms with Crippen molar-refractivity contribution in [1.29, 1.82) is 0 Å². The van der Waals surface area contributed by atoms with Crippen molar-refractivity contribution in [3.63, 3.8) is 0 Å². The lowest BCUT2D eigenvalue weighted by Gasteiger charge is -2.43. The first-order valence-corrected chi connectivity index (χ1v) is 8.59. The number of thioether (sulfide) groups is 1. The van der Waals surface area contributed by atoms with Crippen LogP contribution in [-0.2, 0) is 14.4 Å². The quantitative estimate of drug-likeness (QED) is 0.384. The molecule has 0 aromatic heterocycles. The smallest absolute Gasteiger partial charge is 0.327 e. The van der Waals surface area contributed by atoms with Gasteiger partial charge in [0.25, 0.3) is 0 Å². The predicted molar refractivity (Wildman–Crippen MR) is 102 cm³/mol. The van der Waals surface area contributed by atoms with E-state index in [-0.39, 0.29) is 22.2 Å². The Labute approximate surface area is 164 Å². The molecule has 158 valence electrons. The number of phenols is 1. The molecule has 0 saturated carbocycles. The van der Waals surface area contributed by atoms with E-state index in [2.05, 4.69) is 5.32 Å². The third kappa shape index (κ3) is 4.05. The predicted octanol–water partition coefficient (Wildman–Crippen LogP) is -2.45. The number of nitrogens with two attached hydrogens (primary N) is 1. The van der Waals surface area contributed by atoms with E-state index in [0.29, 0.717) is 5.56 Å². The molecule has 3 rings (SSSR count). The van der Waals surface area contributed by atoms with Crippen LogP contribution in [0.25, 0.3) is 0 Å². The Balaban J connectivity index is 0.00000243. The van der Waals surface area contributed by atoms with E-state index < -0.39 is 46.0 Å². The lowest BCUT2D eigenvalue weighted by Crippen LogP contribution is -2.71. The number of phenolic OH excluding ortho intramolecular Hbond substituents is 1. The number of benzene rings is 1. The molecule has 12 heteroatoms. The summed E-state index contributed by atoms with van der Waals surface area (Å²) >= 11 is 1.35. The lowest BCUT2D eigenvalue weighted by molar-refractivity contribution is -0.161. The van der Waals surface area contributed by atoms with Crippen molar-refractivity contribution in [2.24, 2.45) is 5.73 Å². The first kappa shape index (κ1) is 25.6. The highest BCUT2D eigenvalue weighted by atomic mass is 32.2. The van der Waals surface area contributed by atoms with Crippen LogP contribution in [0.1, 0.15) is 25.5 Å². The van der Waals surface area contributed by atoms with E-state index in [4.69, 9.17) is 5.73 Å². The molecule has 2 aliphatic heterocycles. The summed E-state index contributed by atoms with van der Waals surface area (Å²) in [6.45, 7) is 3.53. The molecule has 0 aliphatic carbocycles. The number of rotatable bonds is 4. The maximum atomic E-state index is 12.3. The lowest BCUT2D eigenvalue weighted by atomic mass is 9.95. The van der Waals surface area contributed by atoms with Gasteiger partial charge in [-0.1, -0.05) is 12.1 Å². The number of carbonyl (C=O) groups is 3. The Kier molecular flexibility index (Phi) is 8.01. The van der Waals surface area contributed by atoms with E-state index in [0.717, 1.165) is 0 Å². The van der Waals surface area contributed by atoms with Gasteiger partial charge in [-0.2, -0.15) is 0 Å². The minimum atomic E-state index is -1.06. The summed E-state index contributed by atoms with van der Waals surface area (Å²) in [4.78, 5) is 37.5. The Bertz CT molecular complexity index is 742. The fourth-order valence-electron chi connectivity index (χ4n) is 3.22. The summed E-state index contributed by atoms with van der Waals surface area (Å²) in [5, 5.41) is 20.9. The molecule has 0 bridgehead atoms. The number of nitrogens with zero attached hydrogens (tertiary/aromatic N) is 1. The van der Waals surface area contributed by atoms with Gasteiger partial charge in [0.1, 0.15) is 29.2 Å². The minimum Gasteiger partial charge on any atom is -0.508 e. The normalized spacial score (nSPS) is 25.0. The fraction of sp³-hybridized carbons (Fsp3) is 0.438. The van der Waals surface area contributed by atoms with Crippen LogP contribution in [0.4, 0.5) is 0 Å². The Morgan fingerprint density at radius 1 is 1.21 bits per heavy atom. The molecule has 2 aliphatic rings. The highest BCUT2D eigenvalue weighted by Crippen LogP contribution is 2.50. The Morgan fingerprint density at radius 3 is 2.25 bits per heavy atom. The van der Waals surface area contributed by atoms with Gasteiger partial charge in [-0.05, 0) is 31.5 Å². The maximum Gasteiger partial charge on any atom is 0.327 e. The van der Waals surface area contributed by atoms with E-state index in [9.17, 15) is 24.6 Å². The Morgan fingerprint density at radius 2 is 1.75 bits per heavy atom. The first-order valence-electron chi connectivity index (χ1n) is 7.71. The number of carboxylic acids is 1. The Hall–Kier alpha value is -2.38. The number of β-lactam (4-membered cyclic amide) rings is 1. The van der Waals surface area contributed by atoms with Crippen molar-refractivity contribution >= 4 is 29.5 Å². The monoisotopic (exact) mass is 419 g/mol. The zero-order valence-electron chi connectivity index (χ0n) is 15.2. The standard InChI is InChI=1S/C16H19N3O5S.3H2O/c1-16(2)11(15(23)24)19-13(22)10(14(19)25-16)18-12(21)9(17)7-3-5-8(20)6-4-7;;;/h3-6,9-11,14,20H,17H2,1-2H3,(H,18,21)(H,23,24);3*1H2/t9?,10-,11?,14-;;;/m1.../s1. The van der Waals surface area contributed by atoms with Crippen LogP contribution in [0.3, 0.4) is 0 Å². The van der Waals surface area contributed by atoms with E-state index in [1.54, 1.807) is 13.8 Å². The highest BCUT2D eigenvalue weighted by Gasteiger charge is 2.64. The molecule has 11 nitrogen and oxygen atoms in total. The van der Waals surface area contributed by atoms with Crippen LogP contribution in [0, 0.1) is 0 Å². The van der Waals surface area contributed by atoms with Gasteiger partial charge in [0, 0.05) is 4.75 Å². The van der Waals surface area contributed by atoms with Crippen molar-refractivity contribution in [2.75, 3.05) is 0 Å². The second-order valence-corrected chi connectivity index (χ2v) is 8.42. The topological polar surface area (TPSA) is 227 Å². The zero-order valence-corrected chi connectivity index (χ0v) is 16.0.